The molecule has 2 heterocycles. The maximum Gasteiger partial charge on any atom is 0.191 e. The van der Waals surface area contributed by atoms with E-state index in [1.165, 1.54) is 29.1 Å². The summed E-state index contributed by atoms with van der Waals surface area (Å²) in [5, 5.41) is 6.80. The quantitative estimate of drug-likeness (QED) is 0.646. The van der Waals surface area contributed by atoms with Gasteiger partial charge in [0.05, 0.1) is 6.54 Å². The van der Waals surface area contributed by atoms with Gasteiger partial charge in [-0.05, 0) is 52.4 Å². The van der Waals surface area contributed by atoms with E-state index in [0.717, 1.165) is 25.6 Å². The number of thiophene rings is 1. The molecule has 1 atom stereocenters. The van der Waals surface area contributed by atoms with E-state index in [0.29, 0.717) is 6.04 Å². The summed E-state index contributed by atoms with van der Waals surface area (Å²) in [5.74, 6) is 0.929. The van der Waals surface area contributed by atoms with Crippen LogP contribution in [0.3, 0.4) is 0 Å². The van der Waals surface area contributed by atoms with Crippen LogP contribution in [-0.2, 0) is 6.54 Å². The van der Waals surface area contributed by atoms with Crippen LogP contribution < -0.4 is 10.6 Å². The van der Waals surface area contributed by atoms with Crippen LogP contribution in [0.15, 0.2) is 17.1 Å². The van der Waals surface area contributed by atoms with Crippen LogP contribution in [0.1, 0.15) is 29.5 Å². The Hall–Kier alpha value is -1.07. The van der Waals surface area contributed by atoms with E-state index in [1.54, 1.807) is 0 Å². The Kier molecular flexibility index (Phi) is 5.86. The Morgan fingerprint density at radius 3 is 2.90 bits per heavy atom. The molecule has 1 aromatic rings. The molecule has 5 heteroatoms. The van der Waals surface area contributed by atoms with Crippen molar-refractivity contribution in [3.63, 3.8) is 0 Å². The summed E-state index contributed by atoms with van der Waals surface area (Å²) in [6.07, 6.45) is 2.60. The van der Waals surface area contributed by atoms with E-state index < -0.39 is 0 Å². The predicted molar refractivity (Wildman–Crippen MR) is 87.5 cm³/mol. The second-order valence-electron chi connectivity index (χ2n) is 5.37. The smallest absolute Gasteiger partial charge is 0.191 e. The molecule has 20 heavy (non-hydrogen) atoms. The molecule has 0 aliphatic carbocycles. The lowest BCUT2D eigenvalue weighted by Gasteiger charge is -2.21. The van der Waals surface area contributed by atoms with Crippen LogP contribution in [0.5, 0.6) is 0 Å². The third-order valence-electron chi connectivity index (χ3n) is 3.71. The SMILES string of the molecule is CCNC(=NCc1ccc(C)s1)NCC1CCCN1C. The summed E-state index contributed by atoms with van der Waals surface area (Å²) in [6.45, 7) is 8.09. The molecular weight excluding hydrogens is 268 g/mol. The highest BCUT2D eigenvalue weighted by Gasteiger charge is 2.20. The minimum Gasteiger partial charge on any atom is -0.357 e. The number of likely N-dealkylation sites (tertiary alicyclic amines) is 1. The molecule has 1 aliphatic rings. The van der Waals surface area contributed by atoms with E-state index >= 15 is 0 Å². The van der Waals surface area contributed by atoms with Gasteiger partial charge in [-0.15, -0.1) is 11.3 Å². The molecule has 1 saturated heterocycles. The molecule has 112 valence electrons. The number of aryl methyl sites for hydroxylation is 1. The highest BCUT2D eigenvalue weighted by Crippen LogP contribution is 2.16. The van der Waals surface area contributed by atoms with Gasteiger partial charge in [-0.3, -0.25) is 0 Å². The minimum atomic E-state index is 0.642. The lowest BCUT2D eigenvalue weighted by molar-refractivity contribution is 0.309. The van der Waals surface area contributed by atoms with Crippen LogP contribution in [0.4, 0.5) is 0 Å². The average Bonchev–Trinajstić information content (AvgIpc) is 3.02. The lowest BCUT2D eigenvalue weighted by Crippen LogP contribution is -2.43. The third kappa shape index (κ3) is 4.49. The van der Waals surface area contributed by atoms with Crippen LogP contribution in [0, 0.1) is 6.92 Å². The van der Waals surface area contributed by atoms with E-state index in [2.05, 4.69) is 53.6 Å². The average molecular weight is 294 g/mol. The van der Waals surface area contributed by atoms with Crippen molar-refractivity contribution in [3.8, 4) is 0 Å². The molecule has 1 aromatic heterocycles. The Labute approximate surface area is 126 Å². The number of rotatable bonds is 5. The van der Waals surface area contributed by atoms with Crippen LogP contribution in [-0.4, -0.2) is 43.6 Å². The molecule has 0 radical (unpaired) electrons. The van der Waals surface area contributed by atoms with Gasteiger partial charge in [0.2, 0.25) is 0 Å². The highest BCUT2D eigenvalue weighted by molar-refractivity contribution is 7.11. The number of nitrogens with zero attached hydrogens (tertiary/aromatic N) is 2. The van der Waals surface area contributed by atoms with Gasteiger partial charge in [-0.25, -0.2) is 4.99 Å². The van der Waals surface area contributed by atoms with Crippen LogP contribution in [0.2, 0.25) is 0 Å². The Morgan fingerprint density at radius 2 is 2.30 bits per heavy atom. The number of aliphatic imine (C=N–C) groups is 1. The molecule has 0 amide bonds. The van der Waals surface area contributed by atoms with Gasteiger partial charge >= 0.3 is 0 Å². The maximum absolute atomic E-state index is 4.67. The molecule has 0 aromatic carbocycles. The van der Waals surface area contributed by atoms with Gasteiger partial charge in [0.25, 0.3) is 0 Å². The second-order valence-corrected chi connectivity index (χ2v) is 6.74. The van der Waals surface area contributed by atoms with Crippen molar-refractivity contribution in [2.45, 2.75) is 39.3 Å². The lowest BCUT2D eigenvalue weighted by atomic mass is 10.2. The van der Waals surface area contributed by atoms with Crippen molar-refractivity contribution in [1.29, 1.82) is 0 Å². The molecule has 1 unspecified atom stereocenters. The summed E-state index contributed by atoms with van der Waals surface area (Å²) in [7, 11) is 2.21. The highest BCUT2D eigenvalue weighted by atomic mass is 32.1. The number of hydrogen-bond acceptors (Lipinski definition) is 3. The molecule has 2 N–H and O–H groups in total. The van der Waals surface area contributed by atoms with Crippen LogP contribution >= 0.6 is 11.3 Å². The standard InChI is InChI=1S/C15H26N4S/c1-4-16-15(17-10-13-6-5-9-19(13)3)18-11-14-8-7-12(2)20-14/h7-8,13H,4-6,9-11H2,1-3H3,(H2,16,17,18). The van der Waals surface area contributed by atoms with Crippen molar-refractivity contribution < 1.29 is 0 Å². The van der Waals surface area contributed by atoms with Crippen LogP contribution in [0.25, 0.3) is 0 Å². The molecule has 1 aliphatic heterocycles. The fraction of sp³-hybridized carbons (Fsp3) is 0.667. The number of guanidine groups is 1. The van der Waals surface area contributed by atoms with E-state index in [9.17, 15) is 0 Å². The Morgan fingerprint density at radius 1 is 1.45 bits per heavy atom. The second kappa shape index (κ2) is 7.64. The normalized spacial score (nSPS) is 20.4. The first kappa shape index (κ1) is 15.3. The van der Waals surface area contributed by atoms with E-state index in [-0.39, 0.29) is 0 Å². The summed E-state index contributed by atoms with van der Waals surface area (Å²) in [5.41, 5.74) is 0. The van der Waals surface area contributed by atoms with Gasteiger partial charge < -0.3 is 15.5 Å². The molecule has 0 saturated carbocycles. The molecule has 2 rings (SSSR count). The number of likely N-dealkylation sites (N-methyl/N-ethyl adjacent to an activating group) is 1. The molecule has 1 fully saturated rings. The summed E-state index contributed by atoms with van der Waals surface area (Å²) in [4.78, 5) is 9.76. The Balaban J connectivity index is 1.85. The minimum absolute atomic E-state index is 0.642. The zero-order valence-electron chi connectivity index (χ0n) is 12.8. The van der Waals surface area contributed by atoms with Crippen molar-refractivity contribution in [2.75, 3.05) is 26.7 Å². The maximum atomic E-state index is 4.67. The molecular formula is C15H26N4S. The van der Waals surface area contributed by atoms with Crippen molar-refractivity contribution in [3.05, 3.63) is 21.9 Å². The third-order valence-corrected chi connectivity index (χ3v) is 4.70. The predicted octanol–water partition coefficient (Wildman–Crippen LogP) is 2.21. The molecule has 0 spiro atoms. The number of hydrogen-bond donors (Lipinski definition) is 2. The van der Waals surface area contributed by atoms with E-state index in [4.69, 9.17) is 0 Å². The van der Waals surface area contributed by atoms with Gasteiger partial charge in [-0.2, -0.15) is 0 Å². The molecule has 0 bridgehead atoms. The first-order valence-corrected chi connectivity index (χ1v) is 8.28. The largest absolute Gasteiger partial charge is 0.357 e. The van der Waals surface area contributed by atoms with Gasteiger partial charge in [0, 0.05) is 28.9 Å². The summed E-state index contributed by atoms with van der Waals surface area (Å²) >= 11 is 1.82. The summed E-state index contributed by atoms with van der Waals surface area (Å²) in [6, 6.07) is 4.96. The fourth-order valence-electron chi connectivity index (χ4n) is 2.52. The number of nitrogens with one attached hydrogen (secondary N) is 2. The van der Waals surface area contributed by atoms with Gasteiger partial charge in [-0.1, -0.05) is 0 Å². The Bertz CT molecular complexity index is 441. The van der Waals surface area contributed by atoms with E-state index in [1.807, 2.05) is 11.3 Å². The zero-order chi connectivity index (χ0) is 14.4. The first-order valence-electron chi connectivity index (χ1n) is 7.46. The first-order chi connectivity index (χ1) is 9.69. The van der Waals surface area contributed by atoms with Crippen molar-refractivity contribution >= 4 is 17.3 Å². The zero-order valence-corrected chi connectivity index (χ0v) is 13.6. The van der Waals surface area contributed by atoms with Gasteiger partial charge in [0.15, 0.2) is 5.96 Å². The molecule has 4 nitrogen and oxygen atoms in total. The van der Waals surface area contributed by atoms with Crippen molar-refractivity contribution in [2.24, 2.45) is 4.99 Å². The monoisotopic (exact) mass is 294 g/mol. The van der Waals surface area contributed by atoms with Crippen molar-refractivity contribution in [1.82, 2.24) is 15.5 Å². The van der Waals surface area contributed by atoms with Gasteiger partial charge in [0.1, 0.15) is 0 Å². The summed E-state index contributed by atoms with van der Waals surface area (Å²) < 4.78 is 0. The topological polar surface area (TPSA) is 39.7 Å². The fourth-order valence-corrected chi connectivity index (χ4v) is 3.34.